The Kier molecular flexibility index (Phi) is 4.59. The van der Waals surface area contributed by atoms with E-state index in [1.807, 2.05) is 6.92 Å². The van der Waals surface area contributed by atoms with Crippen LogP contribution in [0.15, 0.2) is 43.1 Å². The van der Waals surface area contributed by atoms with Gasteiger partial charge < -0.3 is 5.32 Å². The Hall–Kier alpha value is -3.10. The molecule has 3 aromatic rings. The van der Waals surface area contributed by atoms with Gasteiger partial charge in [-0.15, -0.1) is 5.10 Å². The lowest BCUT2D eigenvalue weighted by Crippen LogP contribution is -2.36. The molecule has 9 heteroatoms. The fraction of sp³-hybridized carbons (Fsp3) is 0.267. The molecule has 0 aliphatic rings. The second-order valence-corrected chi connectivity index (χ2v) is 5.38. The summed E-state index contributed by atoms with van der Waals surface area (Å²) < 4.78 is 16.7. The van der Waals surface area contributed by atoms with Crippen LogP contribution in [-0.2, 0) is 13.1 Å². The van der Waals surface area contributed by atoms with Crippen LogP contribution < -0.4 is 5.32 Å². The molecule has 124 valence electrons. The first-order valence-corrected chi connectivity index (χ1v) is 7.38. The maximum atomic E-state index is 13.6. The number of aromatic nitrogens is 6. The van der Waals surface area contributed by atoms with Crippen LogP contribution in [0.2, 0.25) is 0 Å². The van der Waals surface area contributed by atoms with Crippen molar-refractivity contribution in [1.82, 2.24) is 35.1 Å². The SMILES string of the molecule is C[C@@H](Cn1cncn1)NC(=O)c1cn(Cc2ccccc2F)nn1. The standard InChI is InChI=1S/C15H16FN7O/c1-11(6-23-10-17-9-18-23)19-15(24)14-8-22(21-20-14)7-12-4-2-3-5-13(12)16/h2-5,8-11H,6-7H2,1H3,(H,19,24)/t11-/m0/s1. The van der Waals surface area contributed by atoms with Crippen LogP contribution in [0, 0.1) is 5.82 Å². The zero-order valence-electron chi connectivity index (χ0n) is 13.0. The van der Waals surface area contributed by atoms with Crippen molar-refractivity contribution in [2.45, 2.75) is 26.1 Å². The number of carbonyl (C=O) groups excluding carboxylic acids is 1. The minimum atomic E-state index is -0.345. The highest BCUT2D eigenvalue weighted by molar-refractivity contribution is 5.92. The third kappa shape index (κ3) is 3.80. The fourth-order valence-corrected chi connectivity index (χ4v) is 2.23. The van der Waals surface area contributed by atoms with E-state index in [1.54, 1.807) is 29.2 Å². The summed E-state index contributed by atoms with van der Waals surface area (Å²) in [7, 11) is 0. The summed E-state index contributed by atoms with van der Waals surface area (Å²) >= 11 is 0. The lowest BCUT2D eigenvalue weighted by atomic mass is 10.2. The Bertz CT molecular complexity index is 815. The Morgan fingerprint density at radius 2 is 2.17 bits per heavy atom. The zero-order chi connectivity index (χ0) is 16.9. The van der Waals surface area contributed by atoms with Gasteiger partial charge in [-0.25, -0.2) is 14.1 Å². The summed E-state index contributed by atoms with van der Waals surface area (Å²) in [5, 5.41) is 14.5. The largest absolute Gasteiger partial charge is 0.346 e. The summed E-state index contributed by atoms with van der Waals surface area (Å²) in [6.07, 6.45) is 4.50. The van der Waals surface area contributed by atoms with E-state index in [9.17, 15) is 9.18 Å². The maximum Gasteiger partial charge on any atom is 0.273 e. The molecule has 8 nitrogen and oxygen atoms in total. The number of halogens is 1. The number of nitrogens with zero attached hydrogens (tertiary/aromatic N) is 6. The van der Waals surface area contributed by atoms with Gasteiger partial charge in [0.25, 0.3) is 5.91 Å². The van der Waals surface area contributed by atoms with Gasteiger partial charge in [0.2, 0.25) is 0 Å². The van der Waals surface area contributed by atoms with Crippen molar-refractivity contribution in [3.05, 3.63) is 60.2 Å². The van der Waals surface area contributed by atoms with E-state index >= 15 is 0 Å². The number of carbonyl (C=O) groups is 1. The highest BCUT2D eigenvalue weighted by Gasteiger charge is 2.14. The van der Waals surface area contributed by atoms with Crippen molar-refractivity contribution in [3.63, 3.8) is 0 Å². The summed E-state index contributed by atoms with van der Waals surface area (Å²) in [4.78, 5) is 16.0. The smallest absolute Gasteiger partial charge is 0.273 e. The summed E-state index contributed by atoms with van der Waals surface area (Å²) in [6, 6.07) is 6.25. The van der Waals surface area contributed by atoms with Crippen molar-refractivity contribution in [2.24, 2.45) is 0 Å². The summed E-state index contributed by atoms with van der Waals surface area (Å²) in [6.45, 7) is 2.56. The van der Waals surface area contributed by atoms with E-state index in [4.69, 9.17) is 0 Å². The summed E-state index contributed by atoms with van der Waals surface area (Å²) in [5.74, 6) is -0.664. The molecule has 1 aromatic carbocycles. The van der Waals surface area contributed by atoms with E-state index < -0.39 is 0 Å². The molecule has 0 bridgehead atoms. The van der Waals surface area contributed by atoms with Crippen LogP contribution in [0.25, 0.3) is 0 Å². The lowest BCUT2D eigenvalue weighted by molar-refractivity contribution is 0.0931. The third-order valence-corrected chi connectivity index (χ3v) is 3.37. The van der Waals surface area contributed by atoms with Crippen molar-refractivity contribution < 1.29 is 9.18 Å². The molecule has 24 heavy (non-hydrogen) atoms. The Balaban J connectivity index is 1.60. The Morgan fingerprint density at radius 3 is 2.92 bits per heavy atom. The molecule has 2 heterocycles. The maximum absolute atomic E-state index is 13.6. The monoisotopic (exact) mass is 329 g/mol. The second-order valence-electron chi connectivity index (χ2n) is 5.38. The summed E-state index contributed by atoms with van der Waals surface area (Å²) in [5.41, 5.74) is 0.658. The quantitative estimate of drug-likeness (QED) is 0.725. The van der Waals surface area contributed by atoms with E-state index in [1.165, 1.54) is 23.3 Å². The number of benzene rings is 1. The molecule has 0 fully saturated rings. The van der Waals surface area contributed by atoms with Crippen molar-refractivity contribution in [3.8, 4) is 0 Å². The zero-order valence-corrected chi connectivity index (χ0v) is 13.0. The lowest BCUT2D eigenvalue weighted by Gasteiger charge is -2.12. The Labute approximate surface area is 137 Å². The average molecular weight is 329 g/mol. The topological polar surface area (TPSA) is 90.5 Å². The second kappa shape index (κ2) is 6.99. The number of amides is 1. The molecule has 2 aromatic heterocycles. The predicted molar refractivity (Wildman–Crippen MR) is 82.5 cm³/mol. The van der Waals surface area contributed by atoms with Crippen LogP contribution in [0.3, 0.4) is 0 Å². The van der Waals surface area contributed by atoms with Gasteiger partial charge in [-0.05, 0) is 13.0 Å². The molecule has 0 radical (unpaired) electrons. The van der Waals surface area contributed by atoms with E-state index in [0.717, 1.165) is 0 Å². The first kappa shape index (κ1) is 15.8. The van der Waals surface area contributed by atoms with Crippen LogP contribution in [0.5, 0.6) is 0 Å². The number of hydrogen-bond donors (Lipinski definition) is 1. The minimum Gasteiger partial charge on any atom is -0.346 e. The van der Waals surface area contributed by atoms with Crippen molar-refractivity contribution in [2.75, 3.05) is 0 Å². The molecule has 0 unspecified atom stereocenters. The van der Waals surface area contributed by atoms with Gasteiger partial charge in [0.15, 0.2) is 5.69 Å². The molecular formula is C15H16FN7O. The van der Waals surface area contributed by atoms with Crippen LogP contribution in [-0.4, -0.2) is 41.7 Å². The van der Waals surface area contributed by atoms with Crippen LogP contribution in [0.1, 0.15) is 23.0 Å². The molecule has 1 atom stereocenters. The van der Waals surface area contributed by atoms with Gasteiger partial charge >= 0.3 is 0 Å². The van der Waals surface area contributed by atoms with Gasteiger partial charge in [0, 0.05) is 11.6 Å². The molecule has 0 aliphatic heterocycles. The molecule has 0 aliphatic carbocycles. The van der Waals surface area contributed by atoms with Gasteiger partial charge in [-0.1, -0.05) is 23.4 Å². The molecule has 0 saturated carbocycles. The molecule has 0 saturated heterocycles. The highest BCUT2D eigenvalue weighted by Crippen LogP contribution is 2.08. The van der Waals surface area contributed by atoms with E-state index in [0.29, 0.717) is 12.1 Å². The number of nitrogens with one attached hydrogen (secondary N) is 1. The fourth-order valence-electron chi connectivity index (χ4n) is 2.23. The first-order chi connectivity index (χ1) is 11.6. The molecule has 1 N–H and O–H groups in total. The van der Waals surface area contributed by atoms with Gasteiger partial charge in [-0.2, -0.15) is 5.10 Å². The van der Waals surface area contributed by atoms with Gasteiger partial charge in [0.1, 0.15) is 18.5 Å². The molecule has 0 spiro atoms. The van der Waals surface area contributed by atoms with Crippen LogP contribution >= 0.6 is 0 Å². The minimum absolute atomic E-state index is 0.157. The van der Waals surface area contributed by atoms with E-state index in [-0.39, 0.29) is 30.0 Å². The number of rotatable bonds is 6. The van der Waals surface area contributed by atoms with Gasteiger partial charge in [0.05, 0.1) is 19.3 Å². The first-order valence-electron chi connectivity index (χ1n) is 7.38. The molecule has 1 amide bonds. The number of hydrogen-bond acceptors (Lipinski definition) is 5. The Morgan fingerprint density at radius 1 is 1.33 bits per heavy atom. The van der Waals surface area contributed by atoms with Crippen molar-refractivity contribution >= 4 is 5.91 Å². The average Bonchev–Trinajstić information content (AvgIpc) is 3.21. The van der Waals surface area contributed by atoms with Crippen LogP contribution in [0.4, 0.5) is 4.39 Å². The van der Waals surface area contributed by atoms with Gasteiger partial charge in [-0.3, -0.25) is 9.48 Å². The normalized spacial score (nSPS) is 12.1. The van der Waals surface area contributed by atoms with E-state index in [2.05, 4.69) is 25.7 Å². The highest BCUT2D eigenvalue weighted by atomic mass is 19.1. The molecular weight excluding hydrogens is 313 g/mol. The van der Waals surface area contributed by atoms with Crippen molar-refractivity contribution in [1.29, 1.82) is 0 Å². The third-order valence-electron chi connectivity index (χ3n) is 3.37. The molecule has 3 rings (SSSR count). The predicted octanol–water partition coefficient (Wildman–Crippen LogP) is 0.875.